The van der Waals surface area contributed by atoms with Crippen LogP contribution in [0.4, 0.5) is 0 Å². The van der Waals surface area contributed by atoms with Gasteiger partial charge in [0.2, 0.25) is 0 Å². The number of carbonyl (C=O) groups excluding carboxylic acids is 3. The molecular formula is C75H134O6. The maximum atomic E-state index is 13.0. The summed E-state index contributed by atoms with van der Waals surface area (Å²) in [6.07, 6.45) is 90.6. The minimum absolute atomic E-state index is 0.0750. The molecule has 0 radical (unpaired) electrons. The molecule has 0 bridgehead atoms. The predicted octanol–water partition coefficient (Wildman–Crippen LogP) is 24.4. The van der Waals surface area contributed by atoms with E-state index in [0.717, 1.165) is 96.3 Å². The molecule has 6 nitrogen and oxygen atoms in total. The third kappa shape index (κ3) is 67.5. The van der Waals surface area contributed by atoms with Crippen LogP contribution in [-0.4, -0.2) is 37.2 Å². The van der Waals surface area contributed by atoms with Crippen LogP contribution in [0.1, 0.15) is 367 Å². The first-order chi connectivity index (χ1) is 40.0. The van der Waals surface area contributed by atoms with Crippen LogP contribution in [0.25, 0.3) is 0 Å². The molecule has 470 valence electrons. The largest absolute Gasteiger partial charge is 0.462 e. The molecule has 0 spiro atoms. The fraction of sp³-hybridized carbons (Fsp3) is 0.800. The summed E-state index contributed by atoms with van der Waals surface area (Å²) in [6, 6.07) is 0. The molecule has 0 heterocycles. The summed E-state index contributed by atoms with van der Waals surface area (Å²) in [5, 5.41) is 0. The van der Waals surface area contributed by atoms with Crippen LogP contribution in [-0.2, 0) is 28.6 Å². The van der Waals surface area contributed by atoms with Crippen LogP contribution in [0.2, 0.25) is 0 Å². The summed E-state index contributed by atoms with van der Waals surface area (Å²) in [6.45, 7) is 6.57. The molecule has 0 saturated carbocycles. The number of rotatable bonds is 65. The molecule has 0 aliphatic carbocycles. The lowest BCUT2D eigenvalue weighted by molar-refractivity contribution is -0.167. The number of hydrogen-bond donors (Lipinski definition) is 0. The quantitative estimate of drug-likeness (QED) is 0.0261. The topological polar surface area (TPSA) is 78.9 Å². The second kappa shape index (κ2) is 69.3. The molecule has 0 aliphatic heterocycles. The number of ether oxygens (including phenoxy) is 3. The lowest BCUT2D eigenvalue weighted by Crippen LogP contribution is -2.30. The summed E-state index contributed by atoms with van der Waals surface area (Å²) in [4.78, 5) is 38.5. The molecule has 6 heteroatoms. The van der Waals surface area contributed by atoms with E-state index in [1.54, 1.807) is 0 Å². The van der Waals surface area contributed by atoms with Crippen molar-refractivity contribution in [2.75, 3.05) is 13.2 Å². The molecule has 1 atom stereocenters. The standard InChI is InChI=1S/C75H134O6/c1-4-7-10-13-16-19-22-25-28-31-34-36-37-38-39-40-42-44-47-50-53-56-59-62-65-68-74(77)80-71-72(70-79-73(76)67-64-61-58-55-52-49-46-43-33-30-27-24-21-18-15-12-9-6-3)81-75(78)69-66-63-60-57-54-51-48-45-41-35-32-29-26-23-20-17-14-11-8-5-2/h7,10,16,19,21,24-25,28,30,33-34,36,72H,4-6,8-9,11-15,17-18,20,22-23,26-27,29,31-32,35,37-71H2,1-3H3/b10-7-,19-16-,24-21-,28-25-,33-30-,36-34-. The van der Waals surface area contributed by atoms with Crippen molar-refractivity contribution >= 4 is 17.9 Å². The Morgan fingerprint density at radius 1 is 0.259 bits per heavy atom. The second-order valence-electron chi connectivity index (χ2n) is 23.8. The van der Waals surface area contributed by atoms with E-state index in [0.29, 0.717) is 19.3 Å². The van der Waals surface area contributed by atoms with Crippen LogP contribution in [0.15, 0.2) is 72.9 Å². The first kappa shape index (κ1) is 77.9. The van der Waals surface area contributed by atoms with Crippen LogP contribution in [0, 0.1) is 0 Å². The Hall–Kier alpha value is -3.15. The average molecular weight is 1130 g/mol. The highest BCUT2D eigenvalue weighted by molar-refractivity contribution is 5.71. The molecule has 0 fully saturated rings. The molecular weight excluding hydrogens is 997 g/mol. The molecule has 0 rings (SSSR count). The minimum atomic E-state index is -0.779. The van der Waals surface area contributed by atoms with Crippen LogP contribution in [0.5, 0.6) is 0 Å². The summed E-state index contributed by atoms with van der Waals surface area (Å²) in [5.74, 6) is -0.860. The summed E-state index contributed by atoms with van der Waals surface area (Å²) >= 11 is 0. The third-order valence-corrected chi connectivity index (χ3v) is 15.7. The molecule has 0 N–H and O–H groups in total. The van der Waals surface area contributed by atoms with E-state index in [1.807, 2.05) is 0 Å². The Morgan fingerprint density at radius 3 is 0.765 bits per heavy atom. The van der Waals surface area contributed by atoms with Gasteiger partial charge in [-0.25, -0.2) is 0 Å². The molecule has 0 saturated heterocycles. The van der Waals surface area contributed by atoms with E-state index in [1.165, 1.54) is 231 Å². The van der Waals surface area contributed by atoms with Crippen molar-refractivity contribution in [2.45, 2.75) is 374 Å². The van der Waals surface area contributed by atoms with E-state index in [2.05, 4.69) is 93.7 Å². The molecule has 0 aromatic rings. The van der Waals surface area contributed by atoms with Gasteiger partial charge in [-0.05, 0) is 89.9 Å². The summed E-state index contributed by atoms with van der Waals surface area (Å²) in [7, 11) is 0. The Balaban J connectivity index is 4.33. The van der Waals surface area contributed by atoms with E-state index < -0.39 is 6.10 Å². The Bertz CT molecular complexity index is 1490. The Kier molecular flexibility index (Phi) is 66.6. The first-order valence-corrected chi connectivity index (χ1v) is 35.4. The van der Waals surface area contributed by atoms with Crippen molar-refractivity contribution in [1.82, 2.24) is 0 Å². The smallest absolute Gasteiger partial charge is 0.306 e. The van der Waals surface area contributed by atoms with Gasteiger partial charge in [0, 0.05) is 19.3 Å². The van der Waals surface area contributed by atoms with Gasteiger partial charge in [0.1, 0.15) is 13.2 Å². The van der Waals surface area contributed by atoms with Gasteiger partial charge in [-0.15, -0.1) is 0 Å². The highest BCUT2D eigenvalue weighted by Crippen LogP contribution is 2.18. The van der Waals surface area contributed by atoms with Crippen molar-refractivity contribution in [2.24, 2.45) is 0 Å². The Labute approximate surface area is 503 Å². The van der Waals surface area contributed by atoms with Gasteiger partial charge in [-0.3, -0.25) is 14.4 Å². The van der Waals surface area contributed by atoms with Crippen LogP contribution in [0.3, 0.4) is 0 Å². The van der Waals surface area contributed by atoms with Gasteiger partial charge in [0.05, 0.1) is 0 Å². The zero-order chi connectivity index (χ0) is 58.5. The molecule has 0 amide bonds. The summed E-state index contributed by atoms with van der Waals surface area (Å²) in [5.41, 5.74) is 0. The average Bonchev–Trinajstić information content (AvgIpc) is 3.47. The number of hydrogen-bond acceptors (Lipinski definition) is 6. The van der Waals surface area contributed by atoms with Gasteiger partial charge in [0.25, 0.3) is 0 Å². The number of carbonyl (C=O) groups is 3. The van der Waals surface area contributed by atoms with Crippen LogP contribution >= 0.6 is 0 Å². The van der Waals surface area contributed by atoms with Gasteiger partial charge in [-0.2, -0.15) is 0 Å². The molecule has 0 aromatic heterocycles. The Morgan fingerprint density at radius 2 is 0.481 bits per heavy atom. The van der Waals surface area contributed by atoms with E-state index in [4.69, 9.17) is 14.2 Å². The van der Waals surface area contributed by atoms with E-state index in [9.17, 15) is 14.4 Å². The highest BCUT2D eigenvalue weighted by atomic mass is 16.6. The van der Waals surface area contributed by atoms with Crippen molar-refractivity contribution in [3.63, 3.8) is 0 Å². The maximum Gasteiger partial charge on any atom is 0.306 e. The minimum Gasteiger partial charge on any atom is -0.462 e. The van der Waals surface area contributed by atoms with E-state index in [-0.39, 0.29) is 31.1 Å². The van der Waals surface area contributed by atoms with E-state index >= 15 is 0 Å². The van der Waals surface area contributed by atoms with Crippen molar-refractivity contribution in [3.8, 4) is 0 Å². The monoisotopic (exact) mass is 1130 g/mol. The predicted molar refractivity (Wildman–Crippen MR) is 353 cm³/mol. The number of esters is 3. The zero-order valence-electron chi connectivity index (χ0n) is 54.1. The third-order valence-electron chi connectivity index (χ3n) is 15.7. The van der Waals surface area contributed by atoms with Gasteiger partial charge in [0.15, 0.2) is 6.10 Å². The highest BCUT2D eigenvalue weighted by Gasteiger charge is 2.19. The zero-order valence-corrected chi connectivity index (χ0v) is 54.1. The fourth-order valence-corrected chi connectivity index (χ4v) is 10.4. The lowest BCUT2D eigenvalue weighted by atomic mass is 10.0. The molecule has 81 heavy (non-hydrogen) atoms. The maximum absolute atomic E-state index is 13.0. The second-order valence-corrected chi connectivity index (χ2v) is 23.8. The lowest BCUT2D eigenvalue weighted by Gasteiger charge is -2.18. The summed E-state index contributed by atoms with van der Waals surface area (Å²) < 4.78 is 17.0. The molecule has 0 aliphatic rings. The normalized spacial score (nSPS) is 12.5. The SMILES string of the molecule is CC/C=C\C/C=C\C/C=C\C/C=C\CCCCCCCCCCCCCCC(=O)OCC(COC(=O)CCCCCCCCC/C=C\C/C=C\CCCCCC)OC(=O)CCCCCCCCCCCCCCCCCCCCCC. The van der Waals surface area contributed by atoms with Crippen LogP contribution < -0.4 is 0 Å². The van der Waals surface area contributed by atoms with Crippen molar-refractivity contribution in [3.05, 3.63) is 72.9 Å². The first-order valence-electron chi connectivity index (χ1n) is 35.4. The number of allylic oxidation sites excluding steroid dienone is 12. The molecule has 1 unspecified atom stereocenters. The van der Waals surface area contributed by atoms with Gasteiger partial charge >= 0.3 is 17.9 Å². The fourth-order valence-electron chi connectivity index (χ4n) is 10.4. The van der Waals surface area contributed by atoms with Crippen molar-refractivity contribution < 1.29 is 28.6 Å². The van der Waals surface area contributed by atoms with Crippen molar-refractivity contribution in [1.29, 1.82) is 0 Å². The van der Waals surface area contributed by atoms with Gasteiger partial charge in [-0.1, -0.05) is 331 Å². The molecule has 0 aromatic carbocycles. The number of unbranched alkanes of at least 4 members (excludes halogenated alkanes) is 42. The van der Waals surface area contributed by atoms with Gasteiger partial charge < -0.3 is 14.2 Å².